The molecule has 23 heavy (non-hydrogen) atoms. The Kier molecular flexibility index (Phi) is 6.25. The Labute approximate surface area is 139 Å². The second-order valence-corrected chi connectivity index (χ2v) is 7.12. The van der Waals surface area contributed by atoms with Crippen molar-refractivity contribution in [3.05, 3.63) is 40.5 Å². The molecule has 3 N–H and O–H groups in total. The molecule has 3 atom stereocenters. The van der Waals surface area contributed by atoms with Gasteiger partial charge in [-0.05, 0) is 67.6 Å². The van der Waals surface area contributed by atoms with Gasteiger partial charge in [0.25, 0.3) is 0 Å². The van der Waals surface area contributed by atoms with Gasteiger partial charge >= 0.3 is 0 Å². The van der Waals surface area contributed by atoms with Crippen LogP contribution in [-0.2, 0) is 6.61 Å². The highest BCUT2D eigenvalue weighted by atomic mass is 16.3. The first-order chi connectivity index (χ1) is 11.0. The number of rotatable bonds is 6. The zero-order chi connectivity index (χ0) is 17.0. The lowest BCUT2D eigenvalue weighted by Crippen LogP contribution is -2.19. The van der Waals surface area contributed by atoms with Gasteiger partial charge in [-0.15, -0.1) is 0 Å². The van der Waals surface area contributed by atoms with Crippen LogP contribution in [0.3, 0.4) is 0 Å². The molecule has 0 fully saturated rings. The highest BCUT2D eigenvalue weighted by Gasteiger charge is 2.30. The van der Waals surface area contributed by atoms with Gasteiger partial charge in [0.1, 0.15) is 5.75 Å². The summed E-state index contributed by atoms with van der Waals surface area (Å²) in [5.41, 5.74) is 4.12. The van der Waals surface area contributed by atoms with E-state index in [2.05, 4.69) is 26.0 Å². The van der Waals surface area contributed by atoms with Crippen LogP contribution < -0.4 is 0 Å². The van der Waals surface area contributed by atoms with Crippen LogP contribution >= 0.6 is 0 Å². The fraction of sp³-hybridized carbons (Fsp3) is 0.600. The van der Waals surface area contributed by atoms with E-state index in [-0.39, 0.29) is 13.2 Å². The molecule has 1 aromatic carbocycles. The Morgan fingerprint density at radius 2 is 2.04 bits per heavy atom. The summed E-state index contributed by atoms with van der Waals surface area (Å²) in [6, 6.07) is 3.79. The summed E-state index contributed by atoms with van der Waals surface area (Å²) in [5.74, 6) is 1.66. The predicted octanol–water partition coefficient (Wildman–Crippen LogP) is 4.22. The standard InChI is InChI=1S/C20H30O3/c1-13(11-21)5-4-6-14(2)17-8-7-15(3)20-18(17)9-16(12-22)10-19(20)23/h5,9-10,14-15,17,21-23H,4,6-8,11-12H2,1-3H3. The van der Waals surface area contributed by atoms with Gasteiger partial charge in [-0.3, -0.25) is 0 Å². The molecule has 0 saturated heterocycles. The molecule has 1 aliphatic rings. The van der Waals surface area contributed by atoms with Crippen molar-refractivity contribution in [1.29, 1.82) is 0 Å². The smallest absolute Gasteiger partial charge is 0.119 e. The van der Waals surface area contributed by atoms with Gasteiger partial charge in [0, 0.05) is 5.56 Å². The van der Waals surface area contributed by atoms with E-state index in [1.165, 1.54) is 5.56 Å². The van der Waals surface area contributed by atoms with E-state index in [1.54, 1.807) is 6.07 Å². The highest BCUT2D eigenvalue weighted by molar-refractivity contribution is 5.48. The molecular weight excluding hydrogens is 288 g/mol. The number of hydrogen-bond acceptors (Lipinski definition) is 3. The van der Waals surface area contributed by atoms with Crippen molar-refractivity contribution in [2.75, 3.05) is 6.61 Å². The predicted molar refractivity (Wildman–Crippen MR) is 93.7 cm³/mol. The summed E-state index contributed by atoms with van der Waals surface area (Å²) in [5, 5.41) is 28.9. The second kappa shape index (κ2) is 7.98. The number of aliphatic hydroxyl groups is 2. The first kappa shape index (κ1) is 18.0. The summed E-state index contributed by atoms with van der Waals surface area (Å²) in [7, 11) is 0. The van der Waals surface area contributed by atoms with Crippen LogP contribution in [0.25, 0.3) is 0 Å². The van der Waals surface area contributed by atoms with Gasteiger partial charge in [-0.1, -0.05) is 31.6 Å². The van der Waals surface area contributed by atoms with Crippen LogP contribution in [0.4, 0.5) is 0 Å². The molecule has 0 bridgehead atoms. The minimum atomic E-state index is -0.0330. The number of phenols is 1. The lowest BCUT2D eigenvalue weighted by molar-refractivity contribution is 0.280. The van der Waals surface area contributed by atoms with Crippen LogP contribution in [0.5, 0.6) is 5.75 Å². The number of phenolic OH excluding ortho intramolecular Hbond substituents is 1. The molecule has 0 radical (unpaired) electrons. The normalized spacial score (nSPS) is 22.7. The van der Waals surface area contributed by atoms with Crippen LogP contribution in [0.1, 0.15) is 75.0 Å². The molecule has 0 aromatic heterocycles. The number of allylic oxidation sites excluding steroid dienone is 1. The zero-order valence-corrected chi connectivity index (χ0v) is 14.5. The van der Waals surface area contributed by atoms with Crippen molar-refractivity contribution in [2.45, 2.75) is 64.9 Å². The molecule has 128 valence electrons. The fourth-order valence-electron chi connectivity index (χ4n) is 3.83. The summed E-state index contributed by atoms with van der Waals surface area (Å²) < 4.78 is 0. The van der Waals surface area contributed by atoms with E-state index in [0.29, 0.717) is 23.5 Å². The molecule has 0 spiro atoms. The molecule has 0 amide bonds. The Bertz CT molecular complexity index is 562. The Balaban J connectivity index is 2.22. The summed E-state index contributed by atoms with van der Waals surface area (Å²) in [4.78, 5) is 0. The quantitative estimate of drug-likeness (QED) is 0.688. The van der Waals surface area contributed by atoms with E-state index in [0.717, 1.165) is 42.4 Å². The maximum atomic E-state index is 10.4. The van der Waals surface area contributed by atoms with Crippen molar-refractivity contribution in [1.82, 2.24) is 0 Å². The average Bonchev–Trinajstić information content (AvgIpc) is 2.54. The third-order valence-corrected chi connectivity index (χ3v) is 5.29. The van der Waals surface area contributed by atoms with Crippen molar-refractivity contribution in [2.24, 2.45) is 5.92 Å². The Morgan fingerprint density at radius 1 is 1.30 bits per heavy atom. The molecule has 0 heterocycles. The lowest BCUT2D eigenvalue weighted by atomic mass is 9.71. The summed E-state index contributed by atoms with van der Waals surface area (Å²) in [6.45, 7) is 6.50. The molecule has 3 unspecified atom stereocenters. The lowest BCUT2D eigenvalue weighted by Gasteiger charge is -2.34. The molecule has 1 aliphatic carbocycles. The van der Waals surface area contributed by atoms with E-state index in [4.69, 9.17) is 5.11 Å². The summed E-state index contributed by atoms with van der Waals surface area (Å²) >= 11 is 0. The van der Waals surface area contributed by atoms with Gasteiger partial charge in [-0.2, -0.15) is 0 Å². The fourth-order valence-corrected chi connectivity index (χ4v) is 3.83. The van der Waals surface area contributed by atoms with Crippen molar-refractivity contribution >= 4 is 0 Å². The van der Waals surface area contributed by atoms with Crippen LogP contribution in [0, 0.1) is 5.92 Å². The molecule has 2 rings (SSSR count). The maximum Gasteiger partial charge on any atom is 0.119 e. The van der Waals surface area contributed by atoms with Gasteiger partial charge in [0.2, 0.25) is 0 Å². The van der Waals surface area contributed by atoms with Gasteiger partial charge < -0.3 is 15.3 Å². The van der Waals surface area contributed by atoms with Crippen molar-refractivity contribution in [3.8, 4) is 5.75 Å². The number of hydrogen-bond donors (Lipinski definition) is 3. The third kappa shape index (κ3) is 4.15. The third-order valence-electron chi connectivity index (χ3n) is 5.29. The van der Waals surface area contributed by atoms with Gasteiger partial charge in [0.15, 0.2) is 0 Å². The van der Waals surface area contributed by atoms with E-state index >= 15 is 0 Å². The summed E-state index contributed by atoms with van der Waals surface area (Å²) in [6.07, 6.45) is 6.39. The minimum absolute atomic E-state index is 0.0330. The largest absolute Gasteiger partial charge is 0.508 e. The van der Waals surface area contributed by atoms with Crippen LogP contribution in [0.2, 0.25) is 0 Å². The van der Waals surface area contributed by atoms with Crippen LogP contribution in [-0.4, -0.2) is 21.9 Å². The highest BCUT2D eigenvalue weighted by Crippen LogP contribution is 2.47. The number of fused-ring (bicyclic) bond motifs is 1. The number of aliphatic hydroxyl groups excluding tert-OH is 2. The molecule has 1 aromatic rings. The number of benzene rings is 1. The number of aromatic hydroxyl groups is 1. The maximum absolute atomic E-state index is 10.4. The molecule has 3 nitrogen and oxygen atoms in total. The second-order valence-electron chi connectivity index (χ2n) is 7.12. The first-order valence-electron chi connectivity index (χ1n) is 8.70. The van der Waals surface area contributed by atoms with Crippen LogP contribution in [0.15, 0.2) is 23.8 Å². The molecule has 0 saturated carbocycles. The molecule has 0 aliphatic heterocycles. The Hall–Kier alpha value is -1.32. The van der Waals surface area contributed by atoms with Gasteiger partial charge in [0.05, 0.1) is 13.2 Å². The average molecular weight is 318 g/mol. The SMILES string of the molecule is CC(=CCCC(C)C1CCC(C)c2c(O)cc(CO)cc21)CO. The molecular formula is C20H30O3. The zero-order valence-electron chi connectivity index (χ0n) is 14.5. The van der Waals surface area contributed by atoms with Gasteiger partial charge in [-0.25, -0.2) is 0 Å². The van der Waals surface area contributed by atoms with E-state index in [1.807, 2.05) is 6.92 Å². The van der Waals surface area contributed by atoms with E-state index < -0.39 is 0 Å². The van der Waals surface area contributed by atoms with E-state index in [9.17, 15) is 10.2 Å². The monoisotopic (exact) mass is 318 g/mol. The Morgan fingerprint density at radius 3 is 2.70 bits per heavy atom. The first-order valence-corrected chi connectivity index (χ1v) is 8.70. The topological polar surface area (TPSA) is 60.7 Å². The minimum Gasteiger partial charge on any atom is -0.508 e. The van der Waals surface area contributed by atoms with Crippen molar-refractivity contribution in [3.63, 3.8) is 0 Å². The van der Waals surface area contributed by atoms with Crippen molar-refractivity contribution < 1.29 is 15.3 Å². The molecule has 3 heteroatoms.